The van der Waals surface area contributed by atoms with Crippen LogP contribution in [0.2, 0.25) is 0 Å². The van der Waals surface area contributed by atoms with Crippen LogP contribution < -0.4 is 0 Å². The van der Waals surface area contributed by atoms with Crippen molar-refractivity contribution in [2.45, 2.75) is 13.3 Å². The zero-order chi connectivity index (χ0) is 26.4. The molecular weight excluding hydrogens is 669 g/mol. The molecule has 0 aliphatic carbocycles. The number of rotatable bonds is 4. The van der Waals surface area contributed by atoms with Gasteiger partial charge in [-0.15, -0.1) is 59.7 Å². The summed E-state index contributed by atoms with van der Waals surface area (Å²) in [5.74, 6) is 0. The normalized spacial score (nSPS) is 10.5. The van der Waals surface area contributed by atoms with E-state index in [1.165, 1.54) is 16.7 Å². The summed E-state index contributed by atoms with van der Waals surface area (Å²) < 4.78 is 6.09. The largest absolute Gasteiger partial charge is 0.500 e. The third-order valence-corrected chi connectivity index (χ3v) is 6.56. The van der Waals surface area contributed by atoms with Crippen molar-refractivity contribution in [3.8, 4) is 22.5 Å². The van der Waals surface area contributed by atoms with Crippen molar-refractivity contribution in [3.05, 3.63) is 156 Å². The third kappa shape index (κ3) is 6.26. The number of nitrogens with zero attached hydrogens (tertiary/aromatic N) is 2. The molecule has 0 N–H and O–H groups in total. The number of furan rings is 1. The van der Waals surface area contributed by atoms with Gasteiger partial charge in [-0.1, -0.05) is 71.6 Å². The van der Waals surface area contributed by atoms with Crippen LogP contribution in [0.4, 0.5) is 0 Å². The van der Waals surface area contributed by atoms with E-state index in [2.05, 4.69) is 83.6 Å². The Labute approximate surface area is 247 Å². The maximum atomic E-state index is 6.09. The summed E-state index contributed by atoms with van der Waals surface area (Å²) in [5, 5.41) is 2.23. The Morgan fingerprint density at radius 3 is 2.23 bits per heavy atom. The van der Waals surface area contributed by atoms with Gasteiger partial charge in [-0.2, -0.15) is 0 Å². The molecule has 3 aromatic heterocycles. The van der Waals surface area contributed by atoms with Crippen LogP contribution >= 0.6 is 0 Å². The summed E-state index contributed by atoms with van der Waals surface area (Å²) in [7, 11) is 0. The molecule has 7 rings (SSSR count). The molecule has 4 aromatic carbocycles. The van der Waals surface area contributed by atoms with Crippen molar-refractivity contribution in [2.75, 3.05) is 0 Å². The molecule has 0 atom stereocenters. The average Bonchev–Trinajstić information content (AvgIpc) is 3.36. The van der Waals surface area contributed by atoms with Gasteiger partial charge in [-0.05, 0) is 54.1 Å². The summed E-state index contributed by atoms with van der Waals surface area (Å²) >= 11 is 0. The van der Waals surface area contributed by atoms with E-state index in [1.54, 1.807) is 6.20 Å². The van der Waals surface area contributed by atoms with E-state index in [1.807, 2.05) is 66.9 Å². The minimum atomic E-state index is 0. The molecule has 1 radical (unpaired) electrons. The molecule has 197 valence electrons. The summed E-state index contributed by atoms with van der Waals surface area (Å²) in [6, 6.07) is 45.3. The van der Waals surface area contributed by atoms with E-state index in [-0.39, 0.29) is 20.1 Å². The molecule has 0 aliphatic heterocycles. The molecule has 0 fully saturated rings. The van der Waals surface area contributed by atoms with Crippen LogP contribution in [0.25, 0.3) is 44.5 Å². The molecule has 0 amide bonds. The topological polar surface area (TPSA) is 38.9 Å². The number of pyridine rings is 2. The molecule has 3 nitrogen and oxygen atoms in total. The van der Waals surface area contributed by atoms with Gasteiger partial charge < -0.3 is 14.4 Å². The molecule has 3 heterocycles. The van der Waals surface area contributed by atoms with Crippen LogP contribution in [0.1, 0.15) is 16.7 Å². The Morgan fingerprint density at radius 2 is 1.45 bits per heavy atom. The van der Waals surface area contributed by atoms with Crippen molar-refractivity contribution in [3.63, 3.8) is 0 Å². The monoisotopic (exact) mass is 695 g/mol. The maximum Gasteiger partial charge on any atom is 0.121 e. The molecule has 0 saturated carbocycles. The van der Waals surface area contributed by atoms with Crippen molar-refractivity contribution in [1.29, 1.82) is 0 Å². The predicted octanol–water partition coefficient (Wildman–Crippen LogP) is 8.89. The number of benzene rings is 4. The van der Waals surface area contributed by atoms with Gasteiger partial charge in [0.1, 0.15) is 5.58 Å². The molecular formula is C36H26IrN2O-2. The Balaban J connectivity index is 0.000000209. The van der Waals surface area contributed by atoms with E-state index in [9.17, 15) is 0 Å². The summed E-state index contributed by atoms with van der Waals surface area (Å²) in [6.07, 6.45) is 4.53. The van der Waals surface area contributed by atoms with Crippen LogP contribution in [0.3, 0.4) is 0 Å². The fraction of sp³-hybridized carbons (Fsp3) is 0.0556. The third-order valence-electron chi connectivity index (χ3n) is 6.56. The summed E-state index contributed by atoms with van der Waals surface area (Å²) in [5.41, 5.74) is 9.45. The van der Waals surface area contributed by atoms with Crippen molar-refractivity contribution < 1.29 is 24.5 Å². The van der Waals surface area contributed by atoms with Crippen LogP contribution in [0.15, 0.2) is 132 Å². The summed E-state index contributed by atoms with van der Waals surface area (Å²) in [4.78, 5) is 8.70. The average molecular weight is 695 g/mol. The van der Waals surface area contributed by atoms with E-state index < -0.39 is 0 Å². The Kier molecular flexibility index (Phi) is 8.61. The predicted molar refractivity (Wildman–Crippen MR) is 158 cm³/mol. The fourth-order valence-corrected chi connectivity index (χ4v) is 4.61. The van der Waals surface area contributed by atoms with Crippen LogP contribution in [0, 0.1) is 19.1 Å². The van der Waals surface area contributed by atoms with Gasteiger partial charge in [0.2, 0.25) is 0 Å². The van der Waals surface area contributed by atoms with E-state index >= 15 is 0 Å². The smallest absolute Gasteiger partial charge is 0.121 e. The Hall–Kier alpha value is -4.37. The van der Waals surface area contributed by atoms with E-state index in [0.29, 0.717) is 0 Å². The maximum absolute atomic E-state index is 6.09. The second-order valence-corrected chi connectivity index (χ2v) is 9.43. The van der Waals surface area contributed by atoms with Gasteiger partial charge in [-0.3, -0.25) is 0 Å². The first-order valence-corrected chi connectivity index (χ1v) is 12.9. The first kappa shape index (κ1) is 27.2. The standard InChI is InChI=1S/C25H18NO.C11H8N.Ir/c1-17-11-12-26-23(13-17)20-8-10-24-22(16-20)21-9-7-19(15-25(21)27-24)14-18-5-3-2-4-6-18;1-2-6-10(7-3-1)11-8-4-5-9-12-11;/h2-7,9-13,15-16H,14H2,1H3;1-6,8-9H;/q2*-1;. The van der Waals surface area contributed by atoms with Gasteiger partial charge in [0.15, 0.2) is 0 Å². The fourth-order valence-electron chi connectivity index (χ4n) is 4.61. The number of hydrogen-bond acceptors (Lipinski definition) is 3. The second kappa shape index (κ2) is 12.7. The first-order valence-electron chi connectivity index (χ1n) is 12.9. The van der Waals surface area contributed by atoms with Crippen LogP contribution in [-0.4, -0.2) is 9.97 Å². The van der Waals surface area contributed by atoms with Gasteiger partial charge in [-0.25, -0.2) is 0 Å². The minimum absolute atomic E-state index is 0. The van der Waals surface area contributed by atoms with Crippen molar-refractivity contribution >= 4 is 21.9 Å². The number of aryl methyl sites for hydroxylation is 1. The first-order chi connectivity index (χ1) is 19.2. The Morgan fingerprint density at radius 1 is 0.625 bits per heavy atom. The van der Waals surface area contributed by atoms with E-state index in [0.717, 1.165) is 50.9 Å². The van der Waals surface area contributed by atoms with Gasteiger partial charge in [0.25, 0.3) is 0 Å². The van der Waals surface area contributed by atoms with Crippen molar-refractivity contribution in [2.24, 2.45) is 0 Å². The van der Waals surface area contributed by atoms with Crippen molar-refractivity contribution in [1.82, 2.24) is 9.97 Å². The van der Waals surface area contributed by atoms with Crippen LogP contribution in [0.5, 0.6) is 0 Å². The molecule has 0 spiro atoms. The Bertz CT molecular complexity index is 1790. The molecule has 0 aliphatic rings. The molecule has 0 saturated heterocycles. The van der Waals surface area contributed by atoms with Gasteiger partial charge in [0, 0.05) is 37.9 Å². The minimum Gasteiger partial charge on any atom is -0.500 e. The quantitative estimate of drug-likeness (QED) is 0.173. The molecule has 7 aromatic rings. The molecule has 40 heavy (non-hydrogen) atoms. The number of hydrogen-bond donors (Lipinski definition) is 0. The van der Waals surface area contributed by atoms with E-state index in [4.69, 9.17) is 4.42 Å². The number of fused-ring (bicyclic) bond motifs is 3. The van der Waals surface area contributed by atoms with Crippen LogP contribution in [-0.2, 0) is 26.5 Å². The zero-order valence-electron chi connectivity index (χ0n) is 22.0. The summed E-state index contributed by atoms with van der Waals surface area (Å²) in [6.45, 7) is 2.07. The number of aromatic nitrogens is 2. The molecule has 0 bridgehead atoms. The molecule has 0 unspecified atom stereocenters. The van der Waals surface area contributed by atoms with Gasteiger partial charge >= 0.3 is 0 Å². The second-order valence-electron chi connectivity index (χ2n) is 9.43. The van der Waals surface area contributed by atoms with Gasteiger partial charge in [0.05, 0.1) is 5.58 Å². The SMILES string of the molecule is Cc1ccnc(-c2[c-]cc3oc4cc(Cc5ccccc5)ccc4c3c2)c1.[Ir].[c-]1ccccc1-c1ccccn1. The zero-order valence-corrected chi connectivity index (χ0v) is 24.4. The molecule has 4 heteroatoms.